The molecule has 0 saturated carbocycles. The minimum absolute atomic E-state index is 0.0312. The summed E-state index contributed by atoms with van der Waals surface area (Å²) in [4.78, 5) is 38.8. The fraction of sp³-hybridized carbons (Fsp3) is 0.643. The molecule has 0 bridgehead atoms. The number of ketones is 1. The van der Waals surface area contributed by atoms with Crippen molar-refractivity contribution >= 4 is 17.8 Å². The highest BCUT2D eigenvalue weighted by atomic mass is 16.6. The number of carbonyl (C=O) groups is 3. The molecule has 0 unspecified atom stereocenters. The molecule has 9 heteroatoms. The molecule has 23 heavy (non-hydrogen) atoms. The molecule has 1 aromatic rings. The van der Waals surface area contributed by atoms with Gasteiger partial charge in [-0.3, -0.25) is 9.59 Å². The molecule has 1 atom stereocenters. The molecular formula is C14H21N3O6. The third-order valence-electron chi connectivity index (χ3n) is 2.42. The SMILES string of the molecule is CCOC(=O)Cc1nc(C(=O)[C@@H](C)NC(=O)OC(C)(C)C)no1. The van der Waals surface area contributed by atoms with Crippen molar-refractivity contribution in [1.29, 1.82) is 0 Å². The number of nitrogens with one attached hydrogen (secondary N) is 1. The Morgan fingerprint density at radius 3 is 2.52 bits per heavy atom. The molecule has 0 aliphatic rings. The maximum atomic E-state index is 12.1. The number of esters is 1. The Balaban J connectivity index is 2.62. The van der Waals surface area contributed by atoms with Crippen LogP contribution in [0.5, 0.6) is 0 Å². The van der Waals surface area contributed by atoms with Gasteiger partial charge in [0, 0.05) is 0 Å². The minimum Gasteiger partial charge on any atom is -0.466 e. The average molecular weight is 327 g/mol. The molecule has 0 aromatic carbocycles. The zero-order chi connectivity index (χ0) is 17.6. The highest BCUT2D eigenvalue weighted by molar-refractivity contribution is 5.98. The summed E-state index contributed by atoms with van der Waals surface area (Å²) in [6, 6.07) is -0.905. The Morgan fingerprint density at radius 2 is 1.96 bits per heavy atom. The van der Waals surface area contributed by atoms with E-state index in [4.69, 9.17) is 14.0 Å². The van der Waals surface area contributed by atoms with Gasteiger partial charge in [0.2, 0.25) is 17.5 Å². The molecule has 9 nitrogen and oxygen atoms in total. The number of hydrogen-bond acceptors (Lipinski definition) is 8. The van der Waals surface area contributed by atoms with Crippen LogP contribution in [0.1, 0.15) is 51.1 Å². The molecule has 0 spiro atoms. The molecule has 0 fully saturated rings. The van der Waals surface area contributed by atoms with Crippen LogP contribution in [-0.4, -0.2) is 46.2 Å². The van der Waals surface area contributed by atoms with Gasteiger partial charge >= 0.3 is 12.1 Å². The van der Waals surface area contributed by atoms with Crippen molar-refractivity contribution in [2.24, 2.45) is 0 Å². The van der Waals surface area contributed by atoms with Crippen LogP contribution in [0.2, 0.25) is 0 Å². The summed E-state index contributed by atoms with van der Waals surface area (Å²) in [6.07, 6.45) is -0.948. The normalized spacial score (nSPS) is 12.4. The summed E-state index contributed by atoms with van der Waals surface area (Å²) < 4.78 is 14.6. The highest BCUT2D eigenvalue weighted by Gasteiger charge is 2.25. The van der Waals surface area contributed by atoms with Gasteiger partial charge in [0.05, 0.1) is 12.6 Å². The molecule has 1 N–H and O–H groups in total. The number of hydrogen-bond donors (Lipinski definition) is 1. The number of aromatic nitrogens is 2. The van der Waals surface area contributed by atoms with E-state index in [0.717, 1.165) is 0 Å². The lowest BCUT2D eigenvalue weighted by atomic mass is 10.2. The van der Waals surface area contributed by atoms with Crippen LogP contribution in [0.15, 0.2) is 4.52 Å². The van der Waals surface area contributed by atoms with Crippen molar-refractivity contribution in [2.45, 2.75) is 52.7 Å². The van der Waals surface area contributed by atoms with Crippen LogP contribution in [0.4, 0.5) is 4.79 Å². The largest absolute Gasteiger partial charge is 0.466 e. The number of Topliss-reactive ketones (excluding diaryl/α,β-unsaturated/α-hetero) is 1. The van der Waals surface area contributed by atoms with E-state index in [2.05, 4.69) is 15.5 Å². The topological polar surface area (TPSA) is 121 Å². The maximum Gasteiger partial charge on any atom is 0.408 e. The highest BCUT2D eigenvalue weighted by Crippen LogP contribution is 2.08. The lowest BCUT2D eigenvalue weighted by molar-refractivity contribution is -0.142. The van der Waals surface area contributed by atoms with Gasteiger partial charge in [0.15, 0.2) is 0 Å². The summed E-state index contributed by atoms with van der Waals surface area (Å²) >= 11 is 0. The van der Waals surface area contributed by atoms with Crippen LogP contribution in [0.25, 0.3) is 0 Å². The van der Waals surface area contributed by atoms with Crippen molar-refractivity contribution in [3.8, 4) is 0 Å². The minimum atomic E-state index is -0.905. The maximum absolute atomic E-state index is 12.1. The Labute approximate surface area is 133 Å². The fourth-order valence-electron chi connectivity index (χ4n) is 1.51. The van der Waals surface area contributed by atoms with E-state index >= 15 is 0 Å². The van der Waals surface area contributed by atoms with Crippen LogP contribution in [0, 0.1) is 0 Å². The van der Waals surface area contributed by atoms with Crippen LogP contribution in [-0.2, 0) is 20.7 Å². The number of rotatable bonds is 6. The number of amides is 1. The lowest BCUT2D eigenvalue weighted by Gasteiger charge is -2.21. The molecule has 1 aromatic heterocycles. The average Bonchev–Trinajstić information content (AvgIpc) is 2.83. The van der Waals surface area contributed by atoms with E-state index in [1.807, 2.05) is 0 Å². The predicted octanol–water partition coefficient (Wildman–Crippen LogP) is 1.27. The Morgan fingerprint density at radius 1 is 1.30 bits per heavy atom. The van der Waals surface area contributed by atoms with Crippen molar-refractivity contribution in [3.05, 3.63) is 11.7 Å². The van der Waals surface area contributed by atoms with Gasteiger partial charge in [-0.05, 0) is 34.6 Å². The number of ether oxygens (including phenoxy) is 2. The van der Waals surface area contributed by atoms with Gasteiger partial charge in [-0.15, -0.1) is 0 Å². The summed E-state index contributed by atoms with van der Waals surface area (Å²) in [6.45, 7) is 8.49. The van der Waals surface area contributed by atoms with Crippen LogP contribution in [0.3, 0.4) is 0 Å². The van der Waals surface area contributed by atoms with E-state index in [1.165, 1.54) is 6.92 Å². The zero-order valence-corrected chi connectivity index (χ0v) is 13.8. The van der Waals surface area contributed by atoms with Crippen LogP contribution >= 0.6 is 0 Å². The third-order valence-corrected chi connectivity index (χ3v) is 2.42. The molecule has 0 aliphatic carbocycles. The first kappa shape index (κ1) is 18.6. The Hall–Kier alpha value is -2.45. The second kappa shape index (κ2) is 7.70. The van der Waals surface area contributed by atoms with E-state index in [9.17, 15) is 14.4 Å². The lowest BCUT2D eigenvalue weighted by Crippen LogP contribution is -2.42. The van der Waals surface area contributed by atoms with Gasteiger partial charge < -0.3 is 19.3 Å². The van der Waals surface area contributed by atoms with Crippen molar-refractivity contribution in [1.82, 2.24) is 15.5 Å². The molecule has 0 aliphatic heterocycles. The Bertz CT molecular complexity index is 575. The van der Waals surface area contributed by atoms with Crippen molar-refractivity contribution < 1.29 is 28.4 Å². The molecule has 128 valence electrons. The first-order valence-corrected chi connectivity index (χ1v) is 7.14. The second-order valence-corrected chi connectivity index (χ2v) is 5.73. The fourth-order valence-corrected chi connectivity index (χ4v) is 1.51. The number of carbonyl (C=O) groups excluding carboxylic acids is 3. The van der Waals surface area contributed by atoms with Gasteiger partial charge in [0.1, 0.15) is 12.0 Å². The molecule has 0 radical (unpaired) electrons. The first-order chi connectivity index (χ1) is 10.6. The summed E-state index contributed by atoms with van der Waals surface area (Å²) in [7, 11) is 0. The molecule has 0 saturated heterocycles. The summed E-state index contributed by atoms with van der Waals surface area (Å²) in [5, 5.41) is 5.88. The number of alkyl carbamates (subject to hydrolysis) is 1. The molecular weight excluding hydrogens is 306 g/mol. The van der Waals surface area contributed by atoms with Crippen LogP contribution < -0.4 is 5.32 Å². The van der Waals surface area contributed by atoms with Crippen molar-refractivity contribution in [2.75, 3.05) is 6.61 Å². The molecule has 1 amide bonds. The monoisotopic (exact) mass is 327 g/mol. The Kier molecular flexibility index (Phi) is 6.23. The van der Waals surface area contributed by atoms with E-state index in [1.54, 1.807) is 27.7 Å². The first-order valence-electron chi connectivity index (χ1n) is 7.14. The number of nitrogens with zero attached hydrogens (tertiary/aromatic N) is 2. The molecule has 1 rings (SSSR count). The van der Waals surface area contributed by atoms with E-state index in [-0.39, 0.29) is 24.7 Å². The van der Waals surface area contributed by atoms with Crippen molar-refractivity contribution in [3.63, 3.8) is 0 Å². The predicted molar refractivity (Wildman–Crippen MR) is 77.8 cm³/mol. The second-order valence-electron chi connectivity index (χ2n) is 5.73. The zero-order valence-electron chi connectivity index (χ0n) is 13.8. The standard InChI is InChI=1S/C14H21N3O6/c1-6-21-10(18)7-9-16-12(17-23-9)11(19)8(2)15-13(20)22-14(3,4)5/h8H,6-7H2,1-5H3,(H,15,20)/t8-/m1/s1. The van der Waals surface area contributed by atoms with Gasteiger partial charge in [-0.25, -0.2) is 4.79 Å². The smallest absolute Gasteiger partial charge is 0.408 e. The molecule has 1 heterocycles. The van der Waals surface area contributed by atoms with Gasteiger partial charge in [0.25, 0.3) is 0 Å². The summed E-state index contributed by atoms with van der Waals surface area (Å²) in [5.41, 5.74) is -0.675. The van der Waals surface area contributed by atoms with Gasteiger partial charge in [-0.2, -0.15) is 4.98 Å². The van der Waals surface area contributed by atoms with E-state index < -0.39 is 29.5 Å². The summed E-state index contributed by atoms with van der Waals surface area (Å²) in [5.74, 6) is -1.35. The third kappa shape index (κ3) is 6.45. The van der Waals surface area contributed by atoms with E-state index in [0.29, 0.717) is 0 Å². The quantitative estimate of drug-likeness (QED) is 0.612. The van der Waals surface area contributed by atoms with Gasteiger partial charge in [-0.1, -0.05) is 5.16 Å².